The lowest BCUT2D eigenvalue weighted by Gasteiger charge is -2.07. The summed E-state index contributed by atoms with van der Waals surface area (Å²) in [7, 11) is 0. The summed E-state index contributed by atoms with van der Waals surface area (Å²) in [6, 6.07) is 0. The first kappa shape index (κ1) is 12.2. The Morgan fingerprint density at radius 3 is 2.80 bits per heavy atom. The van der Waals surface area contributed by atoms with Crippen molar-refractivity contribution in [2.45, 2.75) is 26.8 Å². The molecule has 0 saturated carbocycles. The largest absolute Gasteiger partial charge is 0.316 e. The monoisotopic (exact) mass is 210 g/mol. The second kappa shape index (κ2) is 7.43. The van der Waals surface area contributed by atoms with Crippen LogP contribution in [0.2, 0.25) is 0 Å². The minimum atomic E-state index is 0.740. The minimum absolute atomic E-state index is 0.740. The molecule has 0 amide bonds. The minimum Gasteiger partial charge on any atom is -0.316 e. The highest BCUT2D eigenvalue weighted by molar-refractivity contribution is 5.01. The van der Waals surface area contributed by atoms with Gasteiger partial charge in [-0.15, -0.1) is 0 Å². The molecule has 0 saturated heterocycles. The molecule has 0 radical (unpaired) electrons. The smallest absolute Gasteiger partial charge is 0.0532 e. The van der Waals surface area contributed by atoms with Gasteiger partial charge in [0.25, 0.3) is 0 Å². The van der Waals surface area contributed by atoms with Gasteiger partial charge in [0, 0.05) is 18.3 Å². The van der Waals surface area contributed by atoms with E-state index < -0.39 is 0 Å². The van der Waals surface area contributed by atoms with Crippen molar-refractivity contribution in [3.05, 3.63) is 18.0 Å². The number of hydrogen-bond acceptors (Lipinski definition) is 3. The van der Waals surface area contributed by atoms with E-state index in [2.05, 4.69) is 34.7 Å². The Labute approximate surface area is 91.8 Å². The Bertz CT molecular complexity index is 231. The molecule has 0 bridgehead atoms. The number of aromatic nitrogens is 2. The molecule has 0 aliphatic rings. The van der Waals surface area contributed by atoms with Crippen molar-refractivity contribution in [2.24, 2.45) is 5.92 Å². The van der Waals surface area contributed by atoms with Crippen LogP contribution in [0, 0.1) is 5.92 Å². The fraction of sp³-hybridized carbons (Fsp3) is 0.727. The van der Waals surface area contributed by atoms with Gasteiger partial charge in [0.1, 0.15) is 0 Å². The highest BCUT2D eigenvalue weighted by Gasteiger charge is 1.94. The van der Waals surface area contributed by atoms with Gasteiger partial charge in [-0.25, -0.2) is 0 Å². The zero-order chi connectivity index (χ0) is 10.9. The van der Waals surface area contributed by atoms with E-state index in [1.54, 1.807) is 0 Å². The third-order valence-corrected chi connectivity index (χ3v) is 2.14. The van der Waals surface area contributed by atoms with Crippen molar-refractivity contribution in [3.63, 3.8) is 0 Å². The molecule has 86 valence electrons. The third kappa shape index (κ3) is 6.25. The highest BCUT2D eigenvalue weighted by atomic mass is 15.1. The Morgan fingerprint density at radius 2 is 2.13 bits per heavy atom. The molecule has 0 atom stereocenters. The van der Waals surface area contributed by atoms with Gasteiger partial charge >= 0.3 is 0 Å². The number of aromatic amines is 1. The van der Waals surface area contributed by atoms with Crippen LogP contribution in [0.15, 0.2) is 12.4 Å². The second-order valence-electron chi connectivity index (χ2n) is 4.23. The van der Waals surface area contributed by atoms with Crippen molar-refractivity contribution in [1.82, 2.24) is 20.8 Å². The first-order chi connectivity index (χ1) is 7.29. The second-order valence-corrected chi connectivity index (χ2v) is 4.23. The van der Waals surface area contributed by atoms with Crippen LogP contribution >= 0.6 is 0 Å². The van der Waals surface area contributed by atoms with Crippen LogP contribution in [-0.4, -0.2) is 29.8 Å². The van der Waals surface area contributed by atoms with Crippen LogP contribution in [0.4, 0.5) is 0 Å². The number of nitrogens with zero attached hydrogens (tertiary/aromatic N) is 1. The standard InChI is InChI=1S/C11H22N4/c1-10(2)6-12-4-3-5-13-7-11-8-14-15-9-11/h8-10,12-13H,3-7H2,1-2H3,(H,14,15). The number of rotatable bonds is 8. The SMILES string of the molecule is CC(C)CNCCCNCc1cn[nH]c1. The van der Waals surface area contributed by atoms with Crippen molar-refractivity contribution in [1.29, 1.82) is 0 Å². The fourth-order valence-corrected chi connectivity index (χ4v) is 1.34. The molecule has 0 spiro atoms. The topological polar surface area (TPSA) is 52.7 Å². The average molecular weight is 210 g/mol. The lowest BCUT2D eigenvalue weighted by molar-refractivity contribution is 0.530. The zero-order valence-electron chi connectivity index (χ0n) is 9.71. The van der Waals surface area contributed by atoms with E-state index in [9.17, 15) is 0 Å². The van der Waals surface area contributed by atoms with Gasteiger partial charge in [-0.3, -0.25) is 5.10 Å². The van der Waals surface area contributed by atoms with Crippen molar-refractivity contribution < 1.29 is 0 Å². The maximum atomic E-state index is 3.89. The molecule has 0 fully saturated rings. The quantitative estimate of drug-likeness (QED) is 0.564. The van der Waals surface area contributed by atoms with Crippen LogP contribution in [0.3, 0.4) is 0 Å². The molecule has 3 N–H and O–H groups in total. The predicted octanol–water partition coefficient (Wildman–Crippen LogP) is 1.13. The summed E-state index contributed by atoms with van der Waals surface area (Å²) in [4.78, 5) is 0. The third-order valence-electron chi connectivity index (χ3n) is 2.14. The van der Waals surface area contributed by atoms with Crippen molar-refractivity contribution in [2.75, 3.05) is 19.6 Å². The van der Waals surface area contributed by atoms with Gasteiger partial charge in [-0.05, 0) is 32.0 Å². The average Bonchev–Trinajstić information content (AvgIpc) is 2.68. The molecule has 0 unspecified atom stereocenters. The van der Waals surface area contributed by atoms with E-state index in [-0.39, 0.29) is 0 Å². The van der Waals surface area contributed by atoms with E-state index in [1.807, 2.05) is 12.4 Å². The van der Waals surface area contributed by atoms with E-state index in [4.69, 9.17) is 0 Å². The van der Waals surface area contributed by atoms with Crippen LogP contribution in [0.5, 0.6) is 0 Å². The maximum absolute atomic E-state index is 3.89. The Hall–Kier alpha value is -0.870. The summed E-state index contributed by atoms with van der Waals surface area (Å²) in [6.45, 7) is 8.61. The molecule has 4 nitrogen and oxygen atoms in total. The highest BCUT2D eigenvalue weighted by Crippen LogP contribution is 1.91. The molecular formula is C11H22N4. The van der Waals surface area contributed by atoms with E-state index in [0.717, 1.165) is 32.1 Å². The first-order valence-corrected chi connectivity index (χ1v) is 5.68. The molecule has 1 heterocycles. The van der Waals surface area contributed by atoms with Crippen molar-refractivity contribution in [3.8, 4) is 0 Å². The summed E-state index contributed by atoms with van der Waals surface area (Å²) >= 11 is 0. The molecule has 0 aliphatic carbocycles. The van der Waals surface area contributed by atoms with Gasteiger partial charge in [-0.1, -0.05) is 13.8 Å². The normalized spacial score (nSPS) is 11.1. The fourth-order valence-electron chi connectivity index (χ4n) is 1.34. The Morgan fingerprint density at radius 1 is 1.33 bits per heavy atom. The van der Waals surface area contributed by atoms with Crippen LogP contribution in [0.1, 0.15) is 25.8 Å². The lowest BCUT2D eigenvalue weighted by Crippen LogP contribution is -2.24. The molecule has 1 aromatic rings. The van der Waals surface area contributed by atoms with E-state index in [0.29, 0.717) is 0 Å². The zero-order valence-corrected chi connectivity index (χ0v) is 9.71. The summed E-state index contributed by atoms with van der Waals surface area (Å²) in [5.41, 5.74) is 1.21. The van der Waals surface area contributed by atoms with E-state index >= 15 is 0 Å². The molecule has 15 heavy (non-hydrogen) atoms. The van der Waals surface area contributed by atoms with Gasteiger partial charge in [-0.2, -0.15) is 5.10 Å². The Kier molecular flexibility index (Phi) is 6.04. The van der Waals surface area contributed by atoms with Gasteiger partial charge in [0.15, 0.2) is 0 Å². The molecule has 0 aliphatic heterocycles. The van der Waals surface area contributed by atoms with Crippen molar-refractivity contribution >= 4 is 0 Å². The van der Waals surface area contributed by atoms with Gasteiger partial charge < -0.3 is 10.6 Å². The summed E-state index contributed by atoms with van der Waals surface area (Å²) < 4.78 is 0. The molecule has 1 rings (SSSR count). The predicted molar refractivity (Wildman–Crippen MR) is 62.6 cm³/mol. The van der Waals surface area contributed by atoms with Crippen LogP contribution in [-0.2, 0) is 6.54 Å². The van der Waals surface area contributed by atoms with Gasteiger partial charge in [0.05, 0.1) is 6.20 Å². The van der Waals surface area contributed by atoms with E-state index in [1.165, 1.54) is 12.0 Å². The molecule has 4 heteroatoms. The number of hydrogen-bond donors (Lipinski definition) is 3. The van der Waals surface area contributed by atoms with Crippen LogP contribution in [0.25, 0.3) is 0 Å². The summed E-state index contributed by atoms with van der Waals surface area (Å²) in [5.74, 6) is 0.740. The number of H-pyrrole nitrogens is 1. The molecule has 0 aromatic carbocycles. The van der Waals surface area contributed by atoms with Crippen LogP contribution < -0.4 is 10.6 Å². The summed E-state index contributed by atoms with van der Waals surface area (Å²) in [5, 5.41) is 13.5. The van der Waals surface area contributed by atoms with Gasteiger partial charge in [0.2, 0.25) is 0 Å². The molecular weight excluding hydrogens is 188 g/mol. The first-order valence-electron chi connectivity index (χ1n) is 5.68. The Balaban J connectivity index is 1.85. The molecule has 1 aromatic heterocycles. The lowest BCUT2D eigenvalue weighted by atomic mass is 10.2. The maximum Gasteiger partial charge on any atom is 0.0532 e. The summed E-state index contributed by atoms with van der Waals surface area (Å²) in [6.07, 6.45) is 4.94. The number of nitrogens with one attached hydrogen (secondary N) is 3.